The van der Waals surface area contributed by atoms with Crippen LogP contribution < -0.4 is 5.73 Å². The van der Waals surface area contributed by atoms with Crippen molar-refractivity contribution in [3.05, 3.63) is 34.5 Å². The Morgan fingerprint density at radius 2 is 1.95 bits per heavy atom. The fraction of sp³-hybridized carbons (Fsp3) is 0.556. The Morgan fingerprint density at radius 1 is 1.27 bits per heavy atom. The highest BCUT2D eigenvalue weighted by atomic mass is 16.5. The van der Waals surface area contributed by atoms with Crippen molar-refractivity contribution in [2.45, 2.75) is 39.9 Å². The SMILES string of the molecule is CCOCCN1Cc2cc3c(C(C)N)c(C)n(C)c3cc2C1. The quantitative estimate of drug-likeness (QED) is 0.864. The second-order valence-electron chi connectivity index (χ2n) is 6.39. The summed E-state index contributed by atoms with van der Waals surface area (Å²) in [6.07, 6.45) is 0. The van der Waals surface area contributed by atoms with E-state index in [1.165, 1.54) is 33.3 Å². The third-order valence-electron chi connectivity index (χ3n) is 4.86. The molecule has 4 nitrogen and oxygen atoms in total. The molecule has 2 N–H and O–H groups in total. The molecule has 0 spiro atoms. The summed E-state index contributed by atoms with van der Waals surface area (Å²) in [5.74, 6) is 0. The van der Waals surface area contributed by atoms with E-state index in [4.69, 9.17) is 10.5 Å². The van der Waals surface area contributed by atoms with Crippen molar-refractivity contribution in [1.29, 1.82) is 0 Å². The Kier molecular flexibility index (Phi) is 4.26. The van der Waals surface area contributed by atoms with Crippen LogP contribution in [-0.4, -0.2) is 29.2 Å². The van der Waals surface area contributed by atoms with Crippen LogP contribution in [0.4, 0.5) is 0 Å². The van der Waals surface area contributed by atoms with E-state index in [2.05, 4.69) is 42.5 Å². The first kappa shape index (κ1) is 15.5. The van der Waals surface area contributed by atoms with Crippen molar-refractivity contribution in [3.63, 3.8) is 0 Å². The van der Waals surface area contributed by atoms with Gasteiger partial charge >= 0.3 is 0 Å². The van der Waals surface area contributed by atoms with Crippen LogP contribution in [0.1, 0.15) is 42.3 Å². The molecule has 120 valence electrons. The molecule has 1 aromatic heterocycles. The molecule has 0 aliphatic carbocycles. The molecular weight excluding hydrogens is 274 g/mol. The predicted molar refractivity (Wildman–Crippen MR) is 90.9 cm³/mol. The lowest BCUT2D eigenvalue weighted by molar-refractivity contribution is 0.113. The third kappa shape index (κ3) is 2.56. The van der Waals surface area contributed by atoms with Crippen molar-refractivity contribution >= 4 is 10.9 Å². The molecular formula is C18H27N3O. The van der Waals surface area contributed by atoms with E-state index >= 15 is 0 Å². The largest absolute Gasteiger partial charge is 0.380 e. The fourth-order valence-corrected chi connectivity index (χ4v) is 3.63. The van der Waals surface area contributed by atoms with Crippen LogP contribution in [0.3, 0.4) is 0 Å². The average molecular weight is 301 g/mol. The van der Waals surface area contributed by atoms with Gasteiger partial charge in [-0.1, -0.05) is 0 Å². The molecule has 22 heavy (non-hydrogen) atoms. The molecule has 3 rings (SSSR count). The summed E-state index contributed by atoms with van der Waals surface area (Å²) in [6.45, 7) is 10.9. The Bertz CT molecular complexity index is 687. The van der Waals surface area contributed by atoms with Gasteiger partial charge in [0.25, 0.3) is 0 Å². The molecule has 1 atom stereocenters. The lowest BCUT2D eigenvalue weighted by atomic mass is 10.0. The number of aryl methyl sites for hydroxylation is 1. The minimum Gasteiger partial charge on any atom is -0.380 e. The number of hydrogen-bond acceptors (Lipinski definition) is 3. The first-order valence-corrected chi connectivity index (χ1v) is 8.19. The maximum Gasteiger partial charge on any atom is 0.0593 e. The second-order valence-corrected chi connectivity index (χ2v) is 6.39. The van der Waals surface area contributed by atoms with Crippen LogP contribution in [0.2, 0.25) is 0 Å². The summed E-state index contributed by atoms with van der Waals surface area (Å²) in [5.41, 5.74) is 13.0. The summed E-state index contributed by atoms with van der Waals surface area (Å²) in [6, 6.07) is 4.78. The van der Waals surface area contributed by atoms with Gasteiger partial charge in [0.15, 0.2) is 0 Å². The topological polar surface area (TPSA) is 43.4 Å². The zero-order valence-corrected chi connectivity index (χ0v) is 14.1. The highest BCUT2D eigenvalue weighted by Gasteiger charge is 2.22. The Morgan fingerprint density at radius 3 is 2.59 bits per heavy atom. The van der Waals surface area contributed by atoms with Crippen LogP contribution in [0.15, 0.2) is 12.1 Å². The number of aromatic nitrogens is 1. The van der Waals surface area contributed by atoms with Gasteiger partial charge in [0.1, 0.15) is 0 Å². The second kappa shape index (κ2) is 6.03. The first-order chi connectivity index (χ1) is 10.5. The predicted octanol–water partition coefficient (Wildman–Crippen LogP) is 2.86. The van der Waals surface area contributed by atoms with E-state index < -0.39 is 0 Å². The van der Waals surface area contributed by atoms with Crippen molar-refractivity contribution in [1.82, 2.24) is 9.47 Å². The summed E-state index contributed by atoms with van der Waals surface area (Å²) >= 11 is 0. The molecule has 0 amide bonds. The van der Waals surface area contributed by atoms with Crippen molar-refractivity contribution < 1.29 is 4.74 Å². The van der Waals surface area contributed by atoms with Crippen molar-refractivity contribution in [2.75, 3.05) is 19.8 Å². The van der Waals surface area contributed by atoms with Gasteiger partial charge in [-0.2, -0.15) is 0 Å². The summed E-state index contributed by atoms with van der Waals surface area (Å²) < 4.78 is 7.75. The minimum atomic E-state index is 0.0669. The zero-order chi connectivity index (χ0) is 15.9. The van der Waals surface area contributed by atoms with Crippen molar-refractivity contribution in [3.8, 4) is 0 Å². The molecule has 0 radical (unpaired) electrons. The monoisotopic (exact) mass is 301 g/mol. The van der Waals surface area contributed by atoms with Gasteiger partial charge < -0.3 is 15.0 Å². The van der Waals surface area contributed by atoms with Crippen LogP contribution in [0.5, 0.6) is 0 Å². The smallest absolute Gasteiger partial charge is 0.0593 e. The van der Waals surface area contributed by atoms with Gasteiger partial charge in [-0.25, -0.2) is 0 Å². The van der Waals surface area contributed by atoms with E-state index in [1.54, 1.807) is 0 Å². The average Bonchev–Trinajstić information content (AvgIpc) is 2.97. The van der Waals surface area contributed by atoms with Crippen LogP contribution in [0.25, 0.3) is 10.9 Å². The Labute approximate surface area is 132 Å². The minimum absolute atomic E-state index is 0.0669. The lowest BCUT2D eigenvalue weighted by Gasteiger charge is -2.13. The first-order valence-electron chi connectivity index (χ1n) is 8.19. The van der Waals surface area contributed by atoms with E-state index in [9.17, 15) is 0 Å². The third-order valence-corrected chi connectivity index (χ3v) is 4.86. The molecule has 1 aliphatic rings. The zero-order valence-electron chi connectivity index (χ0n) is 14.1. The number of benzene rings is 1. The maximum absolute atomic E-state index is 6.21. The number of ether oxygens (including phenoxy) is 1. The number of hydrogen-bond donors (Lipinski definition) is 1. The van der Waals surface area contributed by atoms with Gasteiger partial charge in [-0.3, -0.25) is 4.90 Å². The molecule has 2 aromatic rings. The van der Waals surface area contributed by atoms with Crippen LogP contribution in [0, 0.1) is 6.92 Å². The molecule has 4 heteroatoms. The molecule has 0 saturated heterocycles. The number of rotatable bonds is 5. The summed E-state index contributed by atoms with van der Waals surface area (Å²) in [7, 11) is 2.14. The standard InChI is InChI=1S/C18H27N3O/c1-5-22-7-6-21-10-14-8-16-17(9-15(14)11-21)20(4)13(3)18(16)12(2)19/h8-9,12H,5-7,10-11,19H2,1-4H3. The normalized spacial score (nSPS) is 16.4. The molecule has 1 unspecified atom stereocenters. The van der Waals surface area contributed by atoms with Crippen LogP contribution >= 0.6 is 0 Å². The summed E-state index contributed by atoms with van der Waals surface area (Å²) in [5, 5.41) is 1.32. The maximum atomic E-state index is 6.21. The highest BCUT2D eigenvalue weighted by Crippen LogP contribution is 2.34. The highest BCUT2D eigenvalue weighted by molar-refractivity contribution is 5.87. The van der Waals surface area contributed by atoms with Crippen molar-refractivity contribution in [2.24, 2.45) is 12.8 Å². The molecule has 0 bridgehead atoms. The fourth-order valence-electron chi connectivity index (χ4n) is 3.63. The van der Waals surface area contributed by atoms with E-state index in [0.717, 1.165) is 32.8 Å². The van der Waals surface area contributed by atoms with Gasteiger partial charge in [0.2, 0.25) is 0 Å². The van der Waals surface area contributed by atoms with Gasteiger partial charge in [-0.15, -0.1) is 0 Å². The van der Waals surface area contributed by atoms with Gasteiger partial charge in [-0.05, 0) is 49.6 Å². The molecule has 0 saturated carbocycles. The summed E-state index contributed by atoms with van der Waals surface area (Å²) in [4.78, 5) is 2.46. The molecule has 0 fully saturated rings. The Hall–Kier alpha value is -1.36. The van der Waals surface area contributed by atoms with E-state index in [1.807, 2.05) is 6.92 Å². The number of nitrogens with zero attached hydrogens (tertiary/aromatic N) is 2. The molecule has 1 aliphatic heterocycles. The van der Waals surface area contributed by atoms with E-state index in [0.29, 0.717) is 0 Å². The van der Waals surface area contributed by atoms with Crippen LogP contribution in [-0.2, 0) is 24.9 Å². The lowest BCUT2D eigenvalue weighted by Crippen LogP contribution is -2.21. The Balaban J connectivity index is 1.93. The van der Waals surface area contributed by atoms with E-state index in [-0.39, 0.29) is 6.04 Å². The van der Waals surface area contributed by atoms with Gasteiger partial charge in [0.05, 0.1) is 6.61 Å². The molecule has 2 heterocycles. The molecule has 1 aromatic carbocycles. The number of nitrogens with two attached hydrogens (primary N) is 1. The van der Waals surface area contributed by atoms with Gasteiger partial charge in [0, 0.05) is 55.9 Å². The number of fused-ring (bicyclic) bond motifs is 2.